The Bertz CT molecular complexity index is 1040. The fourth-order valence-corrected chi connectivity index (χ4v) is 3.95. The summed E-state index contributed by atoms with van der Waals surface area (Å²) in [6, 6.07) is 7.53. The Kier molecular flexibility index (Phi) is 5.08. The highest BCUT2D eigenvalue weighted by Gasteiger charge is 2.18. The minimum atomic E-state index is -0.264. The summed E-state index contributed by atoms with van der Waals surface area (Å²) in [5, 5.41) is 4.05. The second-order valence-electron chi connectivity index (χ2n) is 6.10. The maximum absolute atomic E-state index is 12.9. The Morgan fingerprint density at radius 1 is 1.31 bits per heavy atom. The summed E-state index contributed by atoms with van der Waals surface area (Å²) in [5.41, 5.74) is 2.32. The summed E-state index contributed by atoms with van der Waals surface area (Å²) in [4.78, 5) is 30.5. The molecule has 1 N–H and O–H groups in total. The number of hydrogen-bond donors (Lipinski definition) is 1. The normalized spacial score (nSPS) is 10.9. The molecule has 6 nitrogen and oxygen atoms in total. The predicted molar refractivity (Wildman–Crippen MR) is 104 cm³/mol. The number of ether oxygens (including phenoxy) is 1. The highest BCUT2D eigenvalue weighted by Crippen LogP contribution is 2.34. The van der Waals surface area contributed by atoms with Gasteiger partial charge in [0.2, 0.25) is 5.91 Å². The van der Waals surface area contributed by atoms with Gasteiger partial charge in [-0.05, 0) is 45.4 Å². The van der Waals surface area contributed by atoms with Gasteiger partial charge in [0.05, 0.1) is 12.0 Å². The van der Waals surface area contributed by atoms with Crippen LogP contribution in [-0.4, -0.2) is 22.1 Å². The van der Waals surface area contributed by atoms with Crippen LogP contribution in [0.1, 0.15) is 23.9 Å². The lowest BCUT2D eigenvalue weighted by Gasteiger charge is -2.10. The molecule has 26 heavy (non-hydrogen) atoms. The zero-order valence-corrected chi connectivity index (χ0v) is 16.1. The van der Waals surface area contributed by atoms with Gasteiger partial charge in [-0.1, -0.05) is 23.5 Å². The fourth-order valence-electron chi connectivity index (χ4n) is 2.82. The molecule has 0 aliphatic heterocycles. The Labute approximate surface area is 155 Å². The molecule has 0 fully saturated rings. The molecule has 0 saturated carbocycles. The number of carbonyl (C=O) groups excluding carboxylic acids is 1. The van der Waals surface area contributed by atoms with Gasteiger partial charge in [0.1, 0.15) is 17.2 Å². The molecule has 0 bridgehead atoms. The fraction of sp³-hybridized carbons (Fsp3) is 0.316. The third-order valence-corrected chi connectivity index (χ3v) is 5.17. The van der Waals surface area contributed by atoms with Gasteiger partial charge in [-0.15, -0.1) is 0 Å². The third kappa shape index (κ3) is 3.48. The number of hydrogen-bond acceptors (Lipinski definition) is 5. The van der Waals surface area contributed by atoms with E-state index in [2.05, 4.69) is 10.3 Å². The van der Waals surface area contributed by atoms with Crippen molar-refractivity contribution in [2.24, 2.45) is 0 Å². The van der Waals surface area contributed by atoms with Crippen LogP contribution in [0.5, 0.6) is 5.06 Å². The molecule has 2 heterocycles. The molecule has 0 unspecified atom stereocenters. The Hall–Kier alpha value is -2.67. The van der Waals surface area contributed by atoms with Crippen LogP contribution in [0.3, 0.4) is 0 Å². The van der Waals surface area contributed by atoms with Crippen molar-refractivity contribution in [3.8, 4) is 5.06 Å². The predicted octanol–water partition coefficient (Wildman–Crippen LogP) is 3.42. The van der Waals surface area contributed by atoms with E-state index in [0.29, 0.717) is 33.4 Å². The van der Waals surface area contributed by atoms with E-state index in [9.17, 15) is 9.59 Å². The van der Waals surface area contributed by atoms with Gasteiger partial charge in [0.15, 0.2) is 5.06 Å². The molecule has 136 valence electrons. The van der Waals surface area contributed by atoms with E-state index in [1.807, 2.05) is 45.0 Å². The van der Waals surface area contributed by atoms with Gasteiger partial charge in [0.25, 0.3) is 5.56 Å². The molecule has 0 radical (unpaired) electrons. The van der Waals surface area contributed by atoms with Gasteiger partial charge >= 0.3 is 0 Å². The molecular weight excluding hydrogens is 350 g/mol. The molecule has 0 atom stereocenters. The number of amides is 1. The van der Waals surface area contributed by atoms with Crippen LogP contribution in [0, 0.1) is 20.8 Å². The van der Waals surface area contributed by atoms with Crippen molar-refractivity contribution in [2.45, 2.75) is 34.2 Å². The van der Waals surface area contributed by atoms with Crippen molar-refractivity contribution < 1.29 is 9.53 Å². The van der Waals surface area contributed by atoms with E-state index in [-0.39, 0.29) is 18.0 Å². The average Bonchev–Trinajstić information content (AvgIpc) is 2.87. The summed E-state index contributed by atoms with van der Waals surface area (Å²) in [5.74, 6) is 0.242. The lowest BCUT2D eigenvalue weighted by Crippen LogP contribution is -2.30. The number of aryl methyl sites for hydroxylation is 3. The number of fused-ring (bicyclic) bond motifs is 1. The highest BCUT2D eigenvalue weighted by atomic mass is 32.1. The van der Waals surface area contributed by atoms with Gasteiger partial charge < -0.3 is 10.1 Å². The molecule has 2 aromatic heterocycles. The van der Waals surface area contributed by atoms with E-state index in [1.165, 1.54) is 15.9 Å². The van der Waals surface area contributed by atoms with Crippen LogP contribution in [-0.2, 0) is 11.3 Å². The van der Waals surface area contributed by atoms with Crippen molar-refractivity contribution in [3.05, 3.63) is 51.6 Å². The van der Waals surface area contributed by atoms with E-state index >= 15 is 0 Å². The molecule has 1 amide bonds. The second kappa shape index (κ2) is 7.29. The SMILES string of the molecule is CCOc1sc2nc(C)n(CC(=O)Nc3cccc(C)c3)c(=O)c2c1C. The monoisotopic (exact) mass is 371 g/mol. The van der Waals surface area contributed by atoms with Crippen LogP contribution in [0.15, 0.2) is 29.1 Å². The lowest BCUT2D eigenvalue weighted by atomic mass is 10.2. The van der Waals surface area contributed by atoms with Gasteiger partial charge in [-0.3, -0.25) is 14.2 Å². The number of benzene rings is 1. The van der Waals surface area contributed by atoms with Crippen LogP contribution < -0.4 is 15.6 Å². The Morgan fingerprint density at radius 3 is 2.77 bits per heavy atom. The molecule has 3 aromatic rings. The molecular formula is C19H21N3O3S. The van der Waals surface area contributed by atoms with E-state index in [1.54, 1.807) is 6.92 Å². The standard InChI is InChI=1S/C19H21N3O3S/c1-5-25-19-12(3)16-17(26-19)20-13(4)22(18(16)24)10-15(23)21-14-8-6-7-11(2)9-14/h6-9H,5,10H2,1-4H3,(H,21,23). The molecule has 7 heteroatoms. The van der Waals surface area contributed by atoms with Crippen LogP contribution in [0.4, 0.5) is 5.69 Å². The second-order valence-corrected chi connectivity index (χ2v) is 7.06. The van der Waals surface area contributed by atoms with E-state index in [4.69, 9.17) is 4.74 Å². The van der Waals surface area contributed by atoms with Gasteiger partial charge in [0, 0.05) is 11.3 Å². The van der Waals surface area contributed by atoms with Crippen molar-refractivity contribution >= 4 is 33.1 Å². The highest BCUT2D eigenvalue weighted by molar-refractivity contribution is 7.20. The zero-order valence-electron chi connectivity index (χ0n) is 15.3. The quantitative estimate of drug-likeness (QED) is 0.746. The number of rotatable bonds is 5. The number of carbonyl (C=O) groups is 1. The summed E-state index contributed by atoms with van der Waals surface area (Å²) in [6.45, 7) is 7.88. The zero-order chi connectivity index (χ0) is 18.8. The molecule has 1 aromatic carbocycles. The van der Waals surface area contributed by atoms with Crippen molar-refractivity contribution in [1.82, 2.24) is 9.55 Å². The van der Waals surface area contributed by atoms with Crippen LogP contribution in [0.2, 0.25) is 0 Å². The van der Waals surface area contributed by atoms with Crippen molar-refractivity contribution in [1.29, 1.82) is 0 Å². The average molecular weight is 371 g/mol. The first kappa shape index (κ1) is 18.1. The third-order valence-electron chi connectivity index (χ3n) is 4.08. The van der Waals surface area contributed by atoms with E-state index in [0.717, 1.165) is 11.1 Å². The van der Waals surface area contributed by atoms with Crippen LogP contribution in [0.25, 0.3) is 10.2 Å². The summed E-state index contributed by atoms with van der Waals surface area (Å²) in [7, 11) is 0. The molecule has 0 saturated heterocycles. The first-order valence-corrected chi connectivity index (χ1v) is 9.22. The minimum absolute atomic E-state index is 0.0825. The minimum Gasteiger partial charge on any atom is -0.484 e. The number of thiophene rings is 1. The largest absolute Gasteiger partial charge is 0.484 e. The number of anilines is 1. The smallest absolute Gasteiger partial charge is 0.263 e. The van der Waals surface area contributed by atoms with Crippen LogP contribution >= 0.6 is 11.3 Å². The van der Waals surface area contributed by atoms with Crippen molar-refractivity contribution in [2.75, 3.05) is 11.9 Å². The maximum Gasteiger partial charge on any atom is 0.263 e. The van der Waals surface area contributed by atoms with Crippen molar-refractivity contribution in [3.63, 3.8) is 0 Å². The number of nitrogens with one attached hydrogen (secondary N) is 1. The van der Waals surface area contributed by atoms with Gasteiger partial charge in [-0.2, -0.15) is 0 Å². The lowest BCUT2D eigenvalue weighted by molar-refractivity contribution is -0.116. The number of aromatic nitrogens is 2. The summed E-state index contributed by atoms with van der Waals surface area (Å²) >= 11 is 1.36. The molecule has 0 aliphatic carbocycles. The topological polar surface area (TPSA) is 73.2 Å². The van der Waals surface area contributed by atoms with E-state index < -0.39 is 0 Å². The Morgan fingerprint density at radius 2 is 2.08 bits per heavy atom. The first-order chi connectivity index (χ1) is 12.4. The number of nitrogens with zero attached hydrogens (tertiary/aromatic N) is 2. The molecule has 0 aliphatic rings. The first-order valence-electron chi connectivity index (χ1n) is 8.40. The van der Waals surface area contributed by atoms with Gasteiger partial charge in [-0.25, -0.2) is 4.98 Å². The summed E-state index contributed by atoms with van der Waals surface area (Å²) in [6.07, 6.45) is 0. The maximum atomic E-state index is 12.9. The Balaban J connectivity index is 1.93. The molecule has 3 rings (SSSR count). The summed E-state index contributed by atoms with van der Waals surface area (Å²) < 4.78 is 6.98. The molecule has 0 spiro atoms.